The van der Waals surface area contributed by atoms with Crippen LogP contribution in [0.1, 0.15) is 45.4 Å². The number of hydrogen-bond acceptors (Lipinski definition) is 3. The van der Waals surface area contributed by atoms with Gasteiger partial charge in [0.05, 0.1) is 0 Å². The van der Waals surface area contributed by atoms with Gasteiger partial charge in [-0.15, -0.1) is 0 Å². The summed E-state index contributed by atoms with van der Waals surface area (Å²) in [5.74, 6) is 1.31. The summed E-state index contributed by atoms with van der Waals surface area (Å²) >= 11 is 1.98. The molecule has 1 aliphatic carbocycles. The predicted octanol–water partition coefficient (Wildman–Crippen LogP) is 2.74. The van der Waals surface area contributed by atoms with E-state index in [1.807, 2.05) is 11.8 Å². The topological polar surface area (TPSA) is 15.3 Å². The van der Waals surface area contributed by atoms with Crippen molar-refractivity contribution in [1.82, 2.24) is 10.2 Å². The Morgan fingerprint density at radius 2 is 2.12 bits per heavy atom. The molecule has 1 saturated heterocycles. The second kappa shape index (κ2) is 6.44. The Morgan fingerprint density at radius 1 is 1.35 bits per heavy atom. The highest BCUT2D eigenvalue weighted by Crippen LogP contribution is 2.33. The van der Waals surface area contributed by atoms with E-state index in [9.17, 15) is 0 Å². The second-order valence-electron chi connectivity index (χ2n) is 5.75. The van der Waals surface area contributed by atoms with Gasteiger partial charge in [-0.3, -0.25) is 4.90 Å². The highest BCUT2D eigenvalue weighted by Gasteiger charge is 2.40. The van der Waals surface area contributed by atoms with E-state index in [0.29, 0.717) is 5.54 Å². The first-order valence-corrected chi connectivity index (χ1v) is 8.67. The van der Waals surface area contributed by atoms with Gasteiger partial charge in [0.25, 0.3) is 0 Å². The highest BCUT2D eigenvalue weighted by molar-refractivity contribution is 7.98. The average molecular weight is 256 g/mol. The van der Waals surface area contributed by atoms with Gasteiger partial charge < -0.3 is 5.32 Å². The number of nitrogens with zero attached hydrogens (tertiary/aromatic N) is 1. The Balaban J connectivity index is 1.88. The molecule has 1 atom stereocenters. The number of rotatable bonds is 5. The second-order valence-corrected chi connectivity index (χ2v) is 6.73. The van der Waals surface area contributed by atoms with Crippen LogP contribution < -0.4 is 5.32 Å². The van der Waals surface area contributed by atoms with Crippen LogP contribution in [-0.4, -0.2) is 48.1 Å². The molecule has 2 fully saturated rings. The van der Waals surface area contributed by atoms with E-state index in [-0.39, 0.29) is 0 Å². The van der Waals surface area contributed by atoms with Gasteiger partial charge in [0.15, 0.2) is 0 Å². The summed E-state index contributed by atoms with van der Waals surface area (Å²) in [5.41, 5.74) is 0.491. The van der Waals surface area contributed by atoms with Crippen LogP contribution in [-0.2, 0) is 0 Å². The normalized spacial score (nSPS) is 28.9. The molecule has 0 aromatic carbocycles. The van der Waals surface area contributed by atoms with Crippen LogP contribution in [0, 0.1) is 0 Å². The lowest BCUT2D eigenvalue weighted by atomic mass is 9.91. The molecule has 17 heavy (non-hydrogen) atoms. The molecule has 1 heterocycles. The molecule has 0 amide bonds. The Kier molecular flexibility index (Phi) is 5.19. The van der Waals surface area contributed by atoms with Crippen molar-refractivity contribution in [1.29, 1.82) is 0 Å². The third kappa shape index (κ3) is 3.39. The molecule has 0 bridgehead atoms. The molecular weight excluding hydrogens is 228 g/mol. The molecule has 0 aromatic rings. The van der Waals surface area contributed by atoms with Crippen molar-refractivity contribution < 1.29 is 0 Å². The summed E-state index contributed by atoms with van der Waals surface area (Å²) in [6, 6.07) is 0.781. The third-order valence-electron chi connectivity index (χ3n) is 4.56. The Labute approximate surface area is 111 Å². The maximum Gasteiger partial charge on any atom is 0.0309 e. The molecule has 100 valence electrons. The predicted molar refractivity (Wildman–Crippen MR) is 77.9 cm³/mol. The Hall–Kier alpha value is 0.270. The van der Waals surface area contributed by atoms with Crippen LogP contribution in [0.25, 0.3) is 0 Å². The minimum absolute atomic E-state index is 0.491. The van der Waals surface area contributed by atoms with E-state index in [1.165, 1.54) is 63.9 Å². The SMILES string of the molecule is CCC1CNC2(CCCC2)CN1CCCSC. The lowest BCUT2D eigenvalue weighted by molar-refractivity contribution is 0.0787. The monoisotopic (exact) mass is 256 g/mol. The van der Waals surface area contributed by atoms with E-state index < -0.39 is 0 Å². The van der Waals surface area contributed by atoms with Gasteiger partial charge in [0.2, 0.25) is 0 Å². The summed E-state index contributed by atoms with van der Waals surface area (Å²) in [5, 5.41) is 3.87. The van der Waals surface area contributed by atoms with Crippen molar-refractivity contribution in [3.8, 4) is 0 Å². The summed E-state index contributed by atoms with van der Waals surface area (Å²) in [6.07, 6.45) is 10.5. The largest absolute Gasteiger partial charge is 0.308 e. The fourth-order valence-electron chi connectivity index (χ4n) is 3.50. The van der Waals surface area contributed by atoms with Crippen LogP contribution in [0.15, 0.2) is 0 Å². The standard InChI is InChI=1S/C14H28N2S/c1-3-13-11-15-14(7-4-5-8-14)12-16(13)9-6-10-17-2/h13,15H,3-12H2,1-2H3. The maximum absolute atomic E-state index is 3.87. The quantitative estimate of drug-likeness (QED) is 0.762. The molecule has 1 unspecified atom stereocenters. The van der Waals surface area contributed by atoms with Gasteiger partial charge in [0, 0.05) is 24.7 Å². The number of hydrogen-bond donors (Lipinski definition) is 1. The fourth-order valence-corrected chi connectivity index (χ4v) is 3.92. The lowest BCUT2D eigenvalue weighted by Gasteiger charge is -2.46. The fraction of sp³-hybridized carbons (Fsp3) is 1.00. The van der Waals surface area contributed by atoms with Gasteiger partial charge in [0.1, 0.15) is 0 Å². The van der Waals surface area contributed by atoms with E-state index in [4.69, 9.17) is 0 Å². The van der Waals surface area contributed by atoms with Crippen molar-refractivity contribution in [3.05, 3.63) is 0 Å². The van der Waals surface area contributed by atoms with Gasteiger partial charge in [-0.1, -0.05) is 19.8 Å². The van der Waals surface area contributed by atoms with Crippen LogP contribution in [0.2, 0.25) is 0 Å². The Morgan fingerprint density at radius 3 is 2.76 bits per heavy atom. The van der Waals surface area contributed by atoms with Crippen molar-refractivity contribution in [3.63, 3.8) is 0 Å². The minimum atomic E-state index is 0.491. The van der Waals surface area contributed by atoms with E-state index >= 15 is 0 Å². The molecule has 0 radical (unpaired) electrons. The molecule has 0 aromatic heterocycles. The molecule has 1 spiro atoms. The molecule has 3 heteroatoms. The zero-order valence-electron chi connectivity index (χ0n) is 11.5. The highest BCUT2D eigenvalue weighted by atomic mass is 32.2. The van der Waals surface area contributed by atoms with Gasteiger partial charge in [-0.2, -0.15) is 11.8 Å². The Bertz CT molecular complexity index is 226. The first kappa shape index (κ1) is 13.7. The zero-order valence-corrected chi connectivity index (χ0v) is 12.3. The van der Waals surface area contributed by atoms with E-state index in [1.54, 1.807) is 0 Å². The zero-order chi connectivity index (χ0) is 12.1. The number of piperazine rings is 1. The smallest absolute Gasteiger partial charge is 0.0309 e. The van der Waals surface area contributed by atoms with Crippen LogP contribution in [0.3, 0.4) is 0 Å². The molecule has 1 aliphatic heterocycles. The summed E-state index contributed by atoms with van der Waals surface area (Å²) in [6.45, 7) is 6.17. The third-order valence-corrected chi connectivity index (χ3v) is 5.26. The number of nitrogens with one attached hydrogen (secondary N) is 1. The molecule has 1 N–H and O–H groups in total. The minimum Gasteiger partial charge on any atom is -0.308 e. The van der Waals surface area contributed by atoms with Crippen molar-refractivity contribution in [2.24, 2.45) is 0 Å². The first-order valence-electron chi connectivity index (χ1n) is 7.28. The summed E-state index contributed by atoms with van der Waals surface area (Å²) in [7, 11) is 0. The molecule has 2 nitrogen and oxygen atoms in total. The van der Waals surface area contributed by atoms with Crippen molar-refractivity contribution in [2.45, 2.75) is 57.0 Å². The first-order chi connectivity index (χ1) is 8.29. The summed E-state index contributed by atoms with van der Waals surface area (Å²) in [4.78, 5) is 2.78. The van der Waals surface area contributed by atoms with E-state index in [0.717, 1.165) is 6.04 Å². The van der Waals surface area contributed by atoms with Crippen LogP contribution >= 0.6 is 11.8 Å². The van der Waals surface area contributed by atoms with Crippen LogP contribution in [0.4, 0.5) is 0 Å². The van der Waals surface area contributed by atoms with Crippen molar-refractivity contribution >= 4 is 11.8 Å². The molecule has 2 rings (SSSR count). The molecule has 1 saturated carbocycles. The van der Waals surface area contributed by atoms with Gasteiger partial charge in [-0.25, -0.2) is 0 Å². The number of thioether (sulfide) groups is 1. The van der Waals surface area contributed by atoms with Crippen molar-refractivity contribution in [2.75, 3.05) is 31.6 Å². The molecule has 2 aliphatic rings. The van der Waals surface area contributed by atoms with Gasteiger partial charge in [-0.05, 0) is 44.2 Å². The average Bonchev–Trinajstić information content (AvgIpc) is 2.78. The maximum atomic E-state index is 3.87. The van der Waals surface area contributed by atoms with Gasteiger partial charge >= 0.3 is 0 Å². The van der Waals surface area contributed by atoms with Crippen LogP contribution in [0.5, 0.6) is 0 Å². The molecular formula is C14H28N2S. The van der Waals surface area contributed by atoms with E-state index in [2.05, 4.69) is 23.4 Å². The summed E-state index contributed by atoms with van der Waals surface area (Å²) < 4.78 is 0. The lowest BCUT2D eigenvalue weighted by Crippen LogP contribution is -2.63.